The van der Waals surface area contributed by atoms with E-state index in [1.165, 1.54) is 25.7 Å². The Morgan fingerprint density at radius 1 is 0.810 bits per heavy atom. The first-order valence-corrected chi connectivity index (χ1v) is 23.6. The fourth-order valence-corrected chi connectivity index (χ4v) is 14.9. The van der Waals surface area contributed by atoms with Gasteiger partial charge >= 0.3 is 266 Å². The second-order valence-corrected chi connectivity index (χ2v) is 25.0. The maximum absolute atomic E-state index is 14.6. The first-order valence-electron chi connectivity index (χ1n) is 16.8. The van der Waals surface area contributed by atoms with Gasteiger partial charge < -0.3 is 0 Å². The van der Waals surface area contributed by atoms with Gasteiger partial charge in [-0.25, -0.2) is 0 Å². The quantitative estimate of drug-likeness (QED) is 0.115. The number of unbranched alkanes of at least 4 members (excludes halogenated alkanes) is 4. The Labute approximate surface area is 265 Å². The fourth-order valence-electron chi connectivity index (χ4n) is 6.67. The van der Waals surface area contributed by atoms with Crippen LogP contribution in [0.1, 0.15) is 101 Å². The summed E-state index contributed by atoms with van der Waals surface area (Å²) in [4.78, 5) is 14.6. The van der Waals surface area contributed by atoms with E-state index >= 15 is 0 Å². The summed E-state index contributed by atoms with van der Waals surface area (Å²) in [5.74, 6) is 0.429. The number of carbonyl (C=O) groups is 1. The van der Waals surface area contributed by atoms with Gasteiger partial charge in [0.2, 0.25) is 0 Å². The SMILES string of the molecule is CCCCCCC[C@H]1OC2=C(C(=O)C(C)([Se]c3ccccc3)O2)[C@@H](O[Si](CC)(CC)CC)[C@]1(C)O[Si](CC)(CC)CC. The number of Topliss-reactive ketones (excluding diaryl/α,β-unsaturated/α-hetero) is 1. The van der Waals surface area contributed by atoms with Gasteiger partial charge in [0, 0.05) is 0 Å². The van der Waals surface area contributed by atoms with E-state index in [-0.39, 0.29) is 26.8 Å². The zero-order chi connectivity index (χ0) is 31.0. The van der Waals surface area contributed by atoms with Crippen molar-refractivity contribution in [1.82, 2.24) is 0 Å². The van der Waals surface area contributed by atoms with Crippen molar-refractivity contribution in [3.05, 3.63) is 41.9 Å². The number of rotatable bonds is 18. The molecular formula is C34H58O5SeSi2. The zero-order valence-corrected chi connectivity index (χ0v) is 31.7. The molecule has 238 valence electrons. The Balaban J connectivity index is 2.13. The third-order valence-corrected chi connectivity index (χ3v) is 21.9. The Bertz CT molecular complexity index is 1030. The molecule has 1 aromatic carbocycles. The predicted molar refractivity (Wildman–Crippen MR) is 180 cm³/mol. The maximum atomic E-state index is 14.6. The van der Waals surface area contributed by atoms with Crippen molar-refractivity contribution in [1.29, 1.82) is 0 Å². The second kappa shape index (κ2) is 15.4. The molecule has 0 fully saturated rings. The van der Waals surface area contributed by atoms with Gasteiger partial charge in [-0.3, -0.25) is 0 Å². The molecule has 2 aliphatic rings. The monoisotopic (exact) mass is 682 g/mol. The molecule has 5 nitrogen and oxygen atoms in total. The average Bonchev–Trinajstić information content (AvgIpc) is 3.25. The van der Waals surface area contributed by atoms with E-state index in [1.54, 1.807) is 0 Å². The topological polar surface area (TPSA) is 54.0 Å². The van der Waals surface area contributed by atoms with Crippen LogP contribution in [0.2, 0.25) is 36.3 Å². The third-order valence-electron chi connectivity index (χ3n) is 10.1. The summed E-state index contributed by atoms with van der Waals surface area (Å²) in [6.45, 7) is 20.0. The van der Waals surface area contributed by atoms with E-state index in [9.17, 15) is 4.79 Å². The fraction of sp³-hybridized carbons (Fsp3) is 0.735. The summed E-state index contributed by atoms with van der Waals surface area (Å²) in [6.07, 6.45) is 6.11. The third kappa shape index (κ3) is 7.48. The van der Waals surface area contributed by atoms with Gasteiger partial charge in [-0.05, 0) is 0 Å². The molecule has 0 radical (unpaired) electrons. The standard InChI is InChI=1S/C34H58O5SeSi2/c1-10-17-18-19-23-26-28-33(8,39-42(14-5,15-6)16-7)31(38-41(11-2,12-3)13-4)29-30(35)34(9,37-32(29)36-28)40-27-24-21-20-22-25-27/h20-22,24-25,28,31H,10-19,23,26H2,1-9H3/t28-,31-,33-,34?/m1/s1. The van der Waals surface area contributed by atoms with Gasteiger partial charge in [-0.2, -0.15) is 0 Å². The summed E-state index contributed by atoms with van der Waals surface area (Å²) in [6, 6.07) is 16.4. The molecule has 0 bridgehead atoms. The van der Waals surface area contributed by atoms with E-state index in [0.717, 1.165) is 53.6 Å². The number of hydrogen-bond donors (Lipinski definition) is 0. The Morgan fingerprint density at radius 3 is 1.93 bits per heavy atom. The van der Waals surface area contributed by atoms with E-state index in [2.05, 4.69) is 67.5 Å². The van der Waals surface area contributed by atoms with E-state index in [4.69, 9.17) is 18.3 Å². The summed E-state index contributed by atoms with van der Waals surface area (Å²) in [5, 5.41) is 0. The van der Waals surface area contributed by atoms with E-state index in [0.29, 0.717) is 11.5 Å². The van der Waals surface area contributed by atoms with Crippen LogP contribution in [0.3, 0.4) is 0 Å². The van der Waals surface area contributed by atoms with Gasteiger partial charge in [-0.15, -0.1) is 0 Å². The van der Waals surface area contributed by atoms with Crippen LogP contribution in [-0.2, 0) is 23.1 Å². The Kier molecular flexibility index (Phi) is 13.0. The molecule has 2 heterocycles. The van der Waals surface area contributed by atoms with Crippen LogP contribution < -0.4 is 4.46 Å². The summed E-state index contributed by atoms with van der Waals surface area (Å²) >= 11 is -0.229. The van der Waals surface area contributed by atoms with Crippen molar-refractivity contribution in [3.8, 4) is 0 Å². The molecule has 2 aliphatic heterocycles. The molecule has 42 heavy (non-hydrogen) atoms. The molecular weight excluding hydrogens is 624 g/mol. The van der Waals surface area contributed by atoms with Gasteiger partial charge in [0.15, 0.2) is 0 Å². The molecule has 8 heteroatoms. The molecule has 1 unspecified atom stereocenters. The molecule has 0 saturated carbocycles. The van der Waals surface area contributed by atoms with Crippen LogP contribution >= 0.6 is 0 Å². The molecule has 3 rings (SSSR count). The van der Waals surface area contributed by atoms with Gasteiger partial charge in [0.25, 0.3) is 0 Å². The number of hydrogen-bond acceptors (Lipinski definition) is 5. The second-order valence-electron chi connectivity index (χ2n) is 12.6. The Hall–Kier alpha value is -0.897. The number of ether oxygens (including phenoxy) is 2. The normalized spacial score (nSPS) is 26.3. The van der Waals surface area contributed by atoms with Crippen LogP contribution in [0.25, 0.3) is 0 Å². The summed E-state index contributed by atoms with van der Waals surface area (Å²) in [5.41, 5.74) is -0.155. The number of benzene rings is 1. The van der Waals surface area contributed by atoms with Crippen molar-refractivity contribution in [2.24, 2.45) is 0 Å². The van der Waals surface area contributed by atoms with Gasteiger partial charge in [-0.1, -0.05) is 0 Å². The van der Waals surface area contributed by atoms with Crippen LogP contribution in [0.5, 0.6) is 0 Å². The zero-order valence-electron chi connectivity index (χ0n) is 28.0. The molecule has 0 aromatic heterocycles. The van der Waals surface area contributed by atoms with E-state index < -0.39 is 32.8 Å². The number of ketones is 1. The van der Waals surface area contributed by atoms with Crippen LogP contribution in [0.4, 0.5) is 0 Å². The molecule has 0 N–H and O–H groups in total. The number of carbonyl (C=O) groups excluding carboxylic acids is 1. The predicted octanol–water partition coefficient (Wildman–Crippen LogP) is 8.47. The van der Waals surface area contributed by atoms with Crippen LogP contribution in [0, 0.1) is 0 Å². The first-order chi connectivity index (χ1) is 20.0. The summed E-state index contributed by atoms with van der Waals surface area (Å²) in [7, 11) is -4.25. The van der Waals surface area contributed by atoms with Crippen molar-refractivity contribution in [3.63, 3.8) is 0 Å². The van der Waals surface area contributed by atoms with Crippen molar-refractivity contribution < 1.29 is 23.1 Å². The van der Waals surface area contributed by atoms with E-state index in [1.807, 2.05) is 25.1 Å². The van der Waals surface area contributed by atoms with Crippen molar-refractivity contribution in [2.75, 3.05) is 0 Å². The molecule has 0 spiro atoms. The van der Waals surface area contributed by atoms with Crippen LogP contribution in [-0.4, -0.2) is 59.7 Å². The minimum absolute atomic E-state index is 0.0190. The molecule has 0 amide bonds. The van der Waals surface area contributed by atoms with Crippen LogP contribution in [0.15, 0.2) is 41.9 Å². The Morgan fingerprint density at radius 2 is 1.38 bits per heavy atom. The van der Waals surface area contributed by atoms with Gasteiger partial charge in [0.05, 0.1) is 0 Å². The molecule has 4 atom stereocenters. The van der Waals surface area contributed by atoms with Gasteiger partial charge in [0.1, 0.15) is 0 Å². The van der Waals surface area contributed by atoms with Crippen molar-refractivity contribution >= 4 is 41.8 Å². The molecule has 1 aromatic rings. The first kappa shape index (κ1) is 35.6. The average molecular weight is 682 g/mol. The summed E-state index contributed by atoms with van der Waals surface area (Å²) < 4.78 is 28.6. The van der Waals surface area contributed by atoms with Crippen molar-refractivity contribution in [2.45, 2.75) is 159 Å². The molecule has 0 saturated heterocycles. The molecule has 0 aliphatic carbocycles. The minimum atomic E-state index is -2.14.